The van der Waals surface area contributed by atoms with E-state index in [1.54, 1.807) is 24.3 Å². The van der Waals surface area contributed by atoms with Crippen LogP contribution in [0.15, 0.2) is 42.5 Å². The highest BCUT2D eigenvalue weighted by Crippen LogP contribution is 2.22. The Kier molecular flexibility index (Phi) is 3.55. The molecule has 5 heteroatoms. The van der Waals surface area contributed by atoms with Crippen LogP contribution in [0.25, 0.3) is 11.1 Å². The van der Waals surface area contributed by atoms with Gasteiger partial charge in [0.2, 0.25) is 0 Å². The first-order valence-electron chi connectivity index (χ1n) is 5.33. The molecule has 2 rings (SSSR count). The molecular weight excluding hydrogens is 234 g/mol. The second-order valence-corrected chi connectivity index (χ2v) is 3.83. The van der Waals surface area contributed by atoms with Crippen LogP contribution in [0.2, 0.25) is 0 Å². The van der Waals surface area contributed by atoms with Crippen LogP contribution in [-0.4, -0.2) is 23.5 Å². The molecule has 0 fully saturated rings. The van der Waals surface area contributed by atoms with Gasteiger partial charge in [-0.3, -0.25) is 4.79 Å². The highest BCUT2D eigenvalue weighted by molar-refractivity contribution is 6.58. The van der Waals surface area contributed by atoms with Crippen molar-refractivity contribution in [3.8, 4) is 11.1 Å². The molecule has 2 aromatic rings. The van der Waals surface area contributed by atoms with Gasteiger partial charge < -0.3 is 10.0 Å². The van der Waals surface area contributed by atoms with Crippen LogP contribution in [-0.2, 0) is 0 Å². The largest absolute Gasteiger partial charge is 0.491 e. The van der Waals surface area contributed by atoms with Gasteiger partial charge in [0, 0.05) is 16.6 Å². The summed E-state index contributed by atoms with van der Waals surface area (Å²) in [4.78, 5) is 10.7. The van der Waals surface area contributed by atoms with E-state index in [1.807, 2.05) is 0 Å². The summed E-state index contributed by atoms with van der Waals surface area (Å²) in [7, 11) is -1.86. The standard InChI is InChI=1S/C13H10BFO3/c15-13-11(5-2-6-12(13)14(17)18)10-4-1-3-9(7-10)8-16/h1-8,17-18H. The molecular formula is C13H10BFO3. The zero-order valence-corrected chi connectivity index (χ0v) is 9.38. The van der Waals surface area contributed by atoms with Gasteiger partial charge in [-0.1, -0.05) is 36.4 Å². The minimum absolute atomic E-state index is 0.191. The Balaban J connectivity index is 2.56. The van der Waals surface area contributed by atoms with Gasteiger partial charge in [0.15, 0.2) is 0 Å². The molecule has 0 amide bonds. The van der Waals surface area contributed by atoms with Gasteiger partial charge in [0.1, 0.15) is 12.1 Å². The Morgan fingerprint density at radius 3 is 2.50 bits per heavy atom. The molecule has 0 atom stereocenters. The maximum absolute atomic E-state index is 14.0. The Morgan fingerprint density at radius 1 is 1.11 bits per heavy atom. The van der Waals surface area contributed by atoms with E-state index in [2.05, 4.69) is 0 Å². The molecule has 0 unspecified atom stereocenters. The van der Waals surface area contributed by atoms with Crippen LogP contribution < -0.4 is 5.46 Å². The third-order valence-corrected chi connectivity index (χ3v) is 2.64. The van der Waals surface area contributed by atoms with Crippen molar-refractivity contribution in [3.05, 3.63) is 53.8 Å². The number of rotatable bonds is 3. The van der Waals surface area contributed by atoms with E-state index < -0.39 is 12.9 Å². The second-order valence-electron chi connectivity index (χ2n) is 3.83. The molecule has 2 N–H and O–H groups in total. The van der Waals surface area contributed by atoms with E-state index in [0.29, 0.717) is 17.4 Å². The van der Waals surface area contributed by atoms with E-state index in [0.717, 1.165) is 0 Å². The van der Waals surface area contributed by atoms with Gasteiger partial charge in [-0.05, 0) is 11.6 Å². The number of aldehydes is 1. The molecule has 0 aliphatic rings. The average Bonchev–Trinajstić information content (AvgIpc) is 2.38. The van der Waals surface area contributed by atoms with Crippen molar-refractivity contribution < 1.29 is 19.2 Å². The maximum Gasteiger partial charge on any atom is 0.491 e. The summed E-state index contributed by atoms with van der Waals surface area (Å²) in [6.45, 7) is 0. The zero-order valence-electron chi connectivity index (χ0n) is 9.38. The van der Waals surface area contributed by atoms with Gasteiger partial charge >= 0.3 is 7.12 Å². The molecule has 2 aromatic carbocycles. The second kappa shape index (κ2) is 5.12. The lowest BCUT2D eigenvalue weighted by Gasteiger charge is -2.08. The van der Waals surface area contributed by atoms with E-state index in [9.17, 15) is 9.18 Å². The van der Waals surface area contributed by atoms with Crippen LogP contribution in [0.1, 0.15) is 10.4 Å². The third-order valence-electron chi connectivity index (χ3n) is 2.64. The molecule has 0 radical (unpaired) electrons. The summed E-state index contributed by atoms with van der Waals surface area (Å²) < 4.78 is 14.0. The molecule has 0 saturated heterocycles. The number of carbonyl (C=O) groups excluding carboxylic acids is 1. The smallest absolute Gasteiger partial charge is 0.423 e. The summed E-state index contributed by atoms with van der Waals surface area (Å²) in [6, 6.07) is 10.8. The predicted molar refractivity (Wildman–Crippen MR) is 67.0 cm³/mol. The molecule has 3 nitrogen and oxygen atoms in total. The van der Waals surface area contributed by atoms with Crippen molar-refractivity contribution in [2.45, 2.75) is 0 Å². The molecule has 0 spiro atoms. The van der Waals surface area contributed by atoms with Crippen molar-refractivity contribution >= 4 is 18.9 Å². The lowest BCUT2D eigenvalue weighted by atomic mass is 9.78. The van der Waals surface area contributed by atoms with Crippen molar-refractivity contribution in [2.75, 3.05) is 0 Å². The molecule has 18 heavy (non-hydrogen) atoms. The third kappa shape index (κ3) is 2.32. The fraction of sp³-hybridized carbons (Fsp3) is 0. The predicted octanol–water partition coefficient (Wildman–Crippen LogP) is 0.985. The lowest BCUT2D eigenvalue weighted by Crippen LogP contribution is -2.32. The van der Waals surface area contributed by atoms with Crippen LogP contribution in [0.5, 0.6) is 0 Å². The monoisotopic (exact) mass is 244 g/mol. The van der Waals surface area contributed by atoms with Crippen molar-refractivity contribution in [1.82, 2.24) is 0 Å². The van der Waals surface area contributed by atoms with E-state index in [4.69, 9.17) is 10.0 Å². The van der Waals surface area contributed by atoms with Gasteiger partial charge in [0.05, 0.1) is 0 Å². The van der Waals surface area contributed by atoms with Crippen molar-refractivity contribution in [1.29, 1.82) is 0 Å². The summed E-state index contributed by atoms with van der Waals surface area (Å²) in [5, 5.41) is 18.1. The van der Waals surface area contributed by atoms with Gasteiger partial charge in [-0.15, -0.1) is 0 Å². The topological polar surface area (TPSA) is 57.5 Å². The highest BCUT2D eigenvalue weighted by atomic mass is 19.1. The summed E-state index contributed by atoms with van der Waals surface area (Å²) >= 11 is 0. The van der Waals surface area contributed by atoms with Gasteiger partial charge in [-0.2, -0.15) is 0 Å². The van der Waals surface area contributed by atoms with Crippen molar-refractivity contribution in [2.24, 2.45) is 0 Å². The molecule has 90 valence electrons. The quantitative estimate of drug-likeness (QED) is 0.625. The van der Waals surface area contributed by atoms with Crippen LogP contribution in [0.3, 0.4) is 0 Å². The molecule has 0 aliphatic heterocycles. The Labute approximate surface area is 104 Å². The van der Waals surface area contributed by atoms with E-state index in [-0.39, 0.29) is 11.0 Å². The maximum atomic E-state index is 14.0. The van der Waals surface area contributed by atoms with Crippen LogP contribution >= 0.6 is 0 Å². The normalized spacial score (nSPS) is 10.2. The number of hydrogen-bond acceptors (Lipinski definition) is 3. The molecule has 0 aromatic heterocycles. The van der Waals surface area contributed by atoms with E-state index >= 15 is 0 Å². The highest BCUT2D eigenvalue weighted by Gasteiger charge is 2.19. The fourth-order valence-electron chi connectivity index (χ4n) is 1.75. The summed E-state index contributed by atoms with van der Waals surface area (Å²) in [6.07, 6.45) is 0.673. The minimum atomic E-state index is -1.86. The first kappa shape index (κ1) is 12.5. The molecule has 0 aliphatic carbocycles. The zero-order chi connectivity index (χ0) is 13.1. The number of hydrogen-bond donors (Lipinski definition) is 2. The van der Waals surface area contributed by atoms with E-state index in [1.165, 1.54) is 18.2 Å². The number of halogens is 1. The Morgan fingerprint density at radius 2 is 1.83 bits per heavy atom. The number of carbonyl (C=O) groups is 1. The van der Waals surface area contributed by atoms with Crippen LogP contribution in [0.4, 0.5) is 4.39 Å². The Bertz CT molecular complexity index is 584. The lowest BCUT2D eigenvalue weighted by molar-refractivity contribution is 0.112. The number of benzene rings is 2. The van der Waals surface area contributed by atoms with Gasteiger partial charge in [-0.25, -0.2) is 4.39 Å². The first-order valence-corrected chi connectivity index (χ1v) is 5.33. The Hall–Kier alpha value is -1.98. The van der Waals surface area contributed by atoms with Crippen LogP contribution in [0, 0.1) is 5.82 Å². The van der Waals surface area contributed by atoms with Gasteiger partial charge in [0.25, 0.3) is 0 Å². The fourth-order valence-corrected chi connectivity index (χ4v) is 1.75. The SMILES string of the molecule is O=Cc1cccc(-c2cccc(B(O)O)c2F)c1. The minimum Gasteiger partial charge on any atom is -0.423 e. The van der Waals surface area contributed by atoms with Crippen molar-refractivity contribution in [3.63, 3.8) is 0 Å². The average molecular weight is 244 g/mol. The summed E-state index contributed by atoms with van der Waals surface area (Å²) in [5.74, 6) is -0.699. The molecule has 0 saturated carbocycles. The molecule has 0 heterocycles. The summed E-state index contributed by atoms with van der Waals surface area (Å²) in [5.41, 5.74) is 0.981. The molecule has 0 bridgehead atoms. The first-order chi connectivity index (χ1) is 8.63.